The fourth-order valence-corrected chi connectivity index (χ4v) is 2.76. The van der Waals surface area contributed by atoms with Crippen LogP contribution >= 0.6 is 11.6 Å². The van der Waals surface area contributed by atoms with Crippen LogP contribution in [-0.2, 0) is 13.1 Å². The summed E-state index contributed by atoms with van der Waals surface area (Å²) in [7, 11) is 0. The van der Waals surface area contributed by atoms with Crippen LogP contribution in [0.15, 0.2) is 42.5 Å². The Bertz CT molecular complexity index is 640. The van der Waals surface area contributed by atoms with Gasteiger partial charge in [-0.2, -0.15) is 0 Å². The Kier molecular flexibility index (Phi) is 4.13. The number of nitrogens with two attached hydrogens (primary N) is 1. The van der Waals surface area contributed by atoms with Gasteiger partial charge in [0.05, 0.1) is 5.02 Å². The first kappa shape index (κ1) is 14.4. The van der Waals surface area contributed by atoms with Gasteiger partial charge in [0.1, 0.15) is 5.82 Å². The highest BCUT2D eigenvalue weighted by atomic mass is 35.5. The van der Waals surface area contributed by atoms with E-state index in [1.165, 1.54) is 12.8 Å². The highest BCUT2D eigenvalue weighted by molar-refractivity contribution is 6.30. The molecule has 1 aliphatic rings. The molecule has 110 valence electrons. The van der Waals surface area contributed by atoms with E-state index in [0.717, 1.165) is 17.8 Å². The first-order valence-electron chi connectivity index (χ1n) is 7.15. The lowest BCUT2D eigenvalue weighted by atomic mass is 10.1. The molecule has 4 heteroatoms. The number of nitrogens with zero attached hydrogens (tertiary/aromatic N) is 1. The van der Waals surface area contributed by atoms with Crippen molar-refractivity contribution in [1.82, 2.24) is 4.90 Å². The predicted octanol–water partition coefficient (Wildman–Crippen LogP) is 4.23. The second-order valence-corrected chi connectivity index (χ2v) is 6.00. The van der Waals surface area contributed by atoms with Crippen LogP contribution in [0.4, 0.5) is 10.1 Å². The summed E-state index contributed by atoms with van der Waals surface area (Å²) in [5.41, 5.74) is 8.40. The Labute approximate surface area is 129 Å². The van der Waals surface area contributed by atoms with Crippen LogP contribution < -0.4 is 5.73 Å². The van der Waals surface area contributed by atoms with Gasteiger partial charge in [0.25, 0.3) is 0 Å². The first-order valence-corrected chi connectivity index (χ1v) is 7.52. The van der Waals surface area contributed by atoms with Crippen LogP contribution in [0, 0.1) is 5.82 Å². The lowest BCUT2D eigenvalue weighted by molar-refractivity contribution is 0.242. The molecular weight excluding hydrogens is 287 g/mol. The van der Waals surface area contributed by atoms with Crippen molar-refractivity contribution in [1.29, 1.82) is 0 Å². The van der Waals surface area contributed by atoms with Crippen LogP contribution in [0.3, 0.4) is 0 Å². The van der Waals surface area contributed by atoms with Gasteiger partial charge in [0, 0.05) is 30.4 Å². The first-order chi connectivity index (χ1) is 10.1. The number of nitrogen functional groups attached to an aromatic ring is 1. The monoisotopic (exact) mass is 304 g/mol. The zero-order valence-corrected chi connectivity index (χ0v) is 12.5. The Hall–Kier alpha value is -1.58. The van der Waals surface area contributed by atoms with Crippen LogP contribution in [0.2, 0.25) is 5.02 Å². The summed E-state index contributed by atoms with van der Waals surface area (Å²) in [6.07, 6.45) is 2.34. The third kappa shape index (κ3) is 3.55. The van der Waals surface area contributed by atoms with Gasteiger partial charge in [-0.25, -0.2) is 4.39 Å². The molecular formula is C17H18ClFN2. The Balaban J connectivity index is 1.77. The highest BCUT2D eigenvalue weighted by Gasteiger charge is 2.29. The Morgan fingerprint density at radius 2 is 1.90 bits per heavy atom. The smallest absolute Gasteiger partial charge is 0.146 e. The fourth-order valence-electron chi connectivity index (χ4n) is 2.57. The molecule has 2 N–H and O–H groups in total. The minimum absolute atomic E-state index is 0.187. The lowest BCUT2D eigenvalue weighted by Gasteiger charge is -2.22. The van der Waals surface area contributed by atoms with E-state index in [0.29, 0.717) is 18.2 Å². The molecule has 0 aliphatic heterocycles. The average molecular weight is 305 g/mol. The van der Waals surface area contributed by atoms with Crippen molar-refractivity contribution in [3.05, 3.63) is 64.4 Å². The summed E-state index contributed by atoms with van der Waals surface area (Å²) in [5, 5.41) is 0.187. The second kappa shape index (κ2) is 6.04. The number of benzene rings is 2. The summed E-state index contributed by atoms with van der Waals surface area (Å²) < 4.78 is 14.1. The average Bonchev–Trinajstić information content (AvgIpc) is 3.27. The molecule has 0 unspecified atom stereocenters. The molecule has 3 rings (SSSR count). The van der Waals surface area contributed by atoms with Gasteiger partial charge in [-0.05, 0) is 36.6 Å². The molecule has 0 heterocycles. The molecule has 1 aliphatic carbocycles. The standard InChI is InChI=1S/C17H18ClFN2/c18-16-6-2-4-13(17(16)19)11-21(15-7-8-15)10-12-3-1-5-14(20)9-12/h1-6,9,15H,7-8,10-11,20H2. The molecule has 0 atom stereocenters. The molecule has 21 heavy (non-hydrogen) atoms. The topological polar surface area (TPSA) is 29.3 Å². The quantitative estimate of drug-likeness (QED) is 0.838. The minimum Gasteiger partial charge on any atom is -0.399 e. The Morgan fingerprint density at radius 3 is 2.62 bits per heavy atom. The Morgan fingerprint density at radius 1 is 1.14 bits per heavy atom. The van der Waals surface area contributed by atoms with Gasteiger partial charge < -0.3 is 5.73 Å². The van der Waals surface area contributed by atoms with Gasteiger partial charge >= 0.3 is 0 Å². The van der Waals surface area contributed by atoms with E-state index in [2.05, 4.69) is 11.0 Å². The fraction of sp³-hybridized carbons (Fsp3) is 0.294. The molecule has 0 amide bonds. The molecule has 2 nitrogen and oxygen atoms in total. The zero-order chi connectivity index (χ0) is 14.8. The van der Waals surface area contributed by atoms with Gasteiger partial charge in [0.2, 0.25) is 0 Å². The number of hydrogen-bond acceptors (Lipinski definition) is 2. The van der Waals surface area contributed by atoms with Crippen molar-refractivity contribution in [2.75, 3.05) is 5.73 Å². The van der Waals surface area contributed by atoms with Crippen molar-refractivity contribution in [2.24, 2.45) is 0 Å². The van der Waals surface area contributed by atoms with Crippen molar-refractivity contribution in [3.8, 4) is 0 Å². The van der Waals surface area contributed by atoms with Crippen molar-refractivity contribution < 1.29 is 4.39 Å². The van der Waals surface area contributed by atoms with E-state index in [1.54, 1.807) is 18.2 Å². The van der Waals surface area contributed by atoms with Gasteiger partial charge in [-0.3, -0.25) is 4.90 Å². The molecule has 0 saturated heterocycles. The van der Waals surface area contributed by atoms with Crippen molar-refractivity contribution in [2.45, 2.75) is 32.0 Å². The summed E-state index contributed by atoms with van der Waals surface area (Å²) in [6.45, 7) is 1.35. The van der Waals surface area contributed by atoms with Crippen LogP contribution in [-0.4, -0.2) is 10.9 Å². The van der Waals surface area contributed by atoms with Gasteiger partial charge in [0.15, 0.2) is 0 Å². The summed E-state index contributed by atoms with van der Waals surface area (Å²) in [4.78, 5) is 2.30. The molecule has 1 saturated carbocycles. The summed E-state index contributed by atoms with van der Waals surface area (Å²) in [5.74, 6) is -0.308. The van der Waals surface area contributed by atoms with E-state index in [4.69, 9.17) is 17.3 Å². The third-order valence-electron chi connectivity index (χ3n) is 3.80. The number of anilines is 1. The highest BCUT2D eigenvalue weighted by Crippen LogP contribution is 2.31. The molecule has 2 aromatic rings. The molecule has 0 radical (unpaired) electrons. The van der Waals surface area contributed by atoms with Crippen molar-refractivity contribution >= 4 is 17.3 Å². The molecule has 0 spiro atoms. The molecule has 0 aromatic heterocycles. The van der Waals surface area contributed by atoms with E-state index in [-0.39, 0.29) is 10.8 Å². The van der Waals surface area contributed by atoms with Crippen LogP contribution in [0.1, 0.15) is 24.0 Å². The second-order valence-electron chi connectivity index (χ2n) is 5.59. The van der Waals surface area contributed by atoms with E-state index in [9.17, 15) is 4.39 Å². The lowest BCUT2D eigenvalue weighted by Crippen LogP contribution is -2.25. The van der Waals surface area contributed by atoms with Gasteiger partial charge in [-0.15, -0.1) is 0 Å². The SMILES string of the molecule is Nc1cccc(CN(Cc2cccc(Cl)c2F)C2CC2)c1. The van der Waals surface area contributed by atoms with Crippen molar-refractivity contribution in [3.63, 3.8) is 0 Å². The third-order valence-corrected chi connectivity index (χ3v) is 4.10. The number of rotatable bonds is 5. The maximum atomic E-state index is 14.1. The number of hydrogen-bond donors (Lipinski definition) is 1. The van der Waals surface area contributed by atoms with Crippen LogP contribution in [0.25, 0.3) is 0 Å². The minimum atomic E-state index is -0.308. The normalized spacial score (nSPS) is 14.6. The van der Waals surface area contributed by atoms with E-state index < -0.39 is 0 Å². The zero-order valence-electron chi connectivity index (χ0n) is 11.7. The number of halogens is 2. The van der Waals surface area contributed by atoms with E-state index >= 15 is 0 Å². The molecule has 1 fully saturated rings. The van der Waals surface area contributed by atoms with E-state index in [1.807, 2.05) is 18.2 Å². The van der Waals surface area contributed by atoms with Gasteiger partial charge in [-0.1, -0.05) is 35.9 Å². The molecule has 2 aromatic carbocycles. The maximum Gasteiger partial charge on any atom is 0.146 e. The predicted molar refractivity (Wildman–Crippen MR) is 84.5 cm³/mol. The summed E-state index contributed by atoms with van der Waals surface area (Å²) >= 11 is 5.86. The molecule has 0 bridgehead atoms. The van der Waals surface area contributed by atoms with Crippen LogP contribution in [0.5, 0.6) is 0 Å². The largest absolute Gasteiger partial charge is 0.399 e. The maximum absolute atomic E-state index is 14.1. The summed E-state index contributed by atoms with van der Waals surface area (Å²) in [6, 6.07) is 13.6.